The third-order valence-electron chi connectivity index (χ3n) is 3.18. The van der Waals surface area contributed by atoms with Crippen LogP contribution in [0.4, 0.5) is 0 Å². The number of rotatable bonds is 9. The lowest BCUT2D eigenvalue weighted by molar-refractivity contribution is 0.413. The zero-order valence-corrected chi connectivity index (χ0v) is 10.7. The molecule has 0 N–H and O–H groups in total. The second-order valence-corrected chi connectivity index (χ2v) is 4.46. The highest BCUT2D eigenvalue weighted by Gasteiger charge is 2.12. The minimum absolute atomic E-state index is 0.877. The normalized spacial score (nSPS) is 15.4. The van der Waals surface area contributed by atoms with Crippen molar-refractivity contribution in [2.45, 2.75) is 72.6 Å². The molecule has 2 atom stereocenters. The van der Waals surface area contributed by atoms with Gasteiger partial charge in [-0.05, 0) is 18.3 Å². The summed E-state index contributed by atoms with van der Waals surface area (Å²) in [6.07, 6.45) is 12.2. The van der Waals surface area contributed by atoms with Crippen LogP contribution in [0.3, 0.4) is 0 Å². The lowest BCUT2D eigenvalue weighted by Crippen LogP contribution is -2.09. The third kappa shape index (κ3) is 6.45. The monoisotopic (exact) mass is 197 g/mol. The summed E-state index contributed by atoms with van der Waals surface area (Å²) in [5, 5.41) is 0. The van der Waals surface area contributed by atoms with Gasteiger partial charge in [0.15, 0.2) is 0 Å². The molecule has 0 heteroatoms. The van der Waals surface area contributed by atoms with Crippen molar-refractivity contribution >= 4 is 0 Å². The van der Waals surface area contributed by atoms with E-state index in [1.54, 1.807) is 0 Å². The van der Waals surface area contributed by atoms with Gasteiger partial charge in [0.2, 0.25) is 0 Å². The van der Waals surface area contributed by atoms with E-state index >= 15 is 0 Å². The lowest BCUT2D eigenvalue weighted by atomic mass is 9.85. The van der Waals surface area contributed by atoms with Crippen molar-refractivity contribution in [2.24, 2.45) is 11.8 Å². The standard InChI is InChI=1S/C14H29/c1-5-9-11-14(8-4)12-13(7-3)10-6-2/h12-14H,5-11H2,1-4H3. The minimum atomic E-state index is 0.877. The molecule has 0 aromatic heterocycles. The Kier molecular flexibility index (Phi) is 9.55. The van der Waals surface area contributed by atoms with Gasteiger partial charge in [0, 0.05) is 0 Å². The maximum atomic E-state index is 2.64. The molecule has 0 fully saturated rings. The summed E-state index contributed by atoms with van der Waals surface area (Å²) < 4.78 is 0. The van der Waals surface area contributed by atoms with Gasteiger partial charge >= 0.3 is 0 Å². The van der Waals surface area contributed by atoms with Crippen molar-refractivity contribution in [1.29, 1.82) is 0 Å². The highest BCUT2D eigenvalue weighted by molar-refractivity contribution is 4.82. The molecule has 0 aliphatic carbocycles. The van der Waals surface area contributed by atoms with Gasteiger partial charge < -0.3 is 0 Å². The Labute approximate surface area is 91.5 Å². The van der Waals surface area contributed by atoms with Gasteiger partial charge in [0.1, 0.15) is 0 Å². The van der Waals surface area contributed by atoms with E-state index in [-0.39, 0.29) is 0 Å². The topological polar surface area (TPSA) is 0 Å². The molecule has 0 rings (SSSR count). The number of unbranched alkanes of at least 4 members (excludes halogenated alkanes) is 1. The molecule has 0 amide bonds. The van der Waals surface area contributed by atoms with E-state index in [9.17, 15) is 0 Å². The van der Waals surface area contributed by atoms with Crippen LogP contribution < -0.4 is 0 Å². The van der Waals surface area contributed by atoms with Gasteiger partial charge in [-0.1, -0.05) is 72.6 Å². The molecule has 0 nitrogen and oxygen atoms in total. The van der Waals surface area contributed by atoms with Gasteiger partial charge in [-0.3, -0.25) is 0 Å². The van der Waals surface area contributed by atoms with Gasteiger partial charge in [0.05, 0.1) is 0 Å². The Hall–Kier alpha value is 0. The number of hydrogen-bond acceptors (Lipinski definition) is 0. The Balaban J connectivity index is 3.75. The second-order valence-electron chi connectivity index (χ2n) is 4.46. The molecule has 14 heavy (non-hydrogen) atoms. The SMILES string of the molecule is CCCCC([CH]C(CC)CCC)CC. The first kappa shape index (κ1) is 14.0. The van der Waals surface area contributed by atoms with E-state index in [0.717, 1.165) is 11.8 Å². The van der Waals surface area contributed by atoms with E-state index < -0.39 is 0 Å². The molecule has 0 aliphatic heterocycles. The molecule has 0 saturated heterocycles. The smallest absolute Gasteiger partial charge is 0.0324 e. The molecule has 0 saturated carbocycles. The molecular weight excluding hydrogens is 168 g/mol. The van der Waals surface area contributed by atoms with E-state index in [1.807, 2.05) is 0 Å². The van der Waals surface area contributed by atoms with Crippen LogP contribution in [-0.4, -0.2) is 0 Å². The summed E-state index contributed by atoms with van der Waals surface area (Å²) in [4.78, 5) is 0. The van der Waals surface area contributed by atoms with E-state index in [0.29, 0.717) is 0 Å². The summed E-state index contributed by atoms with van der Waals surface area (Å²) in [7, 11) is 0. The van der Waals surface area contributed by atoms with Crippen LogP contribution in [0.5, 0.6) is 0 Å². The van der Waals surface area contributed by atoms with E-state index in [4.69, 9.17) is 0 Å². The highest BCUT2D eigenvalue weighted by atomic mass is 14.2. The summed E-state index contributed by atoms with van der Waals surface area (Å²) in [5.41, 5.74) is 0. The maximum Gasteiger partial charge on any atom is -0.0324 e. The van der Waals surface area contributed by atoms with Crippen LogP contribution in [0.1, 0.15) is 72.6 Å². The van der Waals surface area contributed by atoms with Crippen LogP contribution >= 0.6 is 0 Å². The minimum Gasteiger partial charge on any atom is -0.0654 e. The molecule has 0 aromatic rings. The molecule has 0 spiro atoms. The molecule has 1 radical (unpaired) electrons. The molecule has 0 aliphatic rings. The van der Waals surface area contributed by atoms with Crippen molar-refractivity contribution in [3.05, 3.63) is 6.42 Å². The fourth-order valence-corrected chi connectivity index (χ4v) is 2.09. The van der Waals surface area contributed by atoms with Crippen LogP contribution in [0.25, 0.3) is 0 Å². The predicted octanol–water partition coefficient (Wildman–Crippen LogP) is 5.23. The Morgan fingerprint density at radius 1 is 0.786 bits per heavy atom. The van der Waals surface area contributed by atoms with Crippen LogP contribution in [-0.2, 0) is 0 Å². The largest absolute Gasteiger partial charge is 0.0654 e. The van der Waals surface area contributed by atoms with Crippen molar-refractivity contribution in [1.82, 2.24) is 0 Å². The summed E-state index contributed by atoms with van der Waals surface area (Å²) in [6.45, 7) is 9.23. The summed E-state index contributed by atoms with van der Waals surface area (Å²) in [5.74, 6) is 1.76. The predicted molar refractivity (Wildman–Crippen MR) is 66.3 cm³/mol. The molecule has 2 unspecified atom stereocenters. The Morgan fingerprint density at radius 3 is 1.79 bits per heavy atom. The molecule has 0 heterocycles. The molecule has 0 aromatic carbocycles. The molecule has 85 valence electrons. The first-order valence-electron chi connectivity index (χ1n) is 6.63. The quantitative estimate of drug-likeness (QED) is 0.474. The van der Waals surface area contributed by atoms with Gasteiger partial charge in [-0.25, -0.2) is 0 Å². The van der Waals surface area contributed by atoms with Crippen LogP contribution in [0, 0.1) is 18.3 Å². The van der Waals surface area contributed by atoms with E-state index in [1.165, 1.54) is 44.9 Å². The van der Waals surface area contributed by atoms with Crippen molar-refractivity contribution < 1.29 is 0 Å². The second kappa shape index (κ2) is 9.55. The maximum absolute atomic E-state index is 2.64. The zero-order valence-electron chi connectivity index (χ0n) is 10.7. The van der Waals surface area contributed by atoms with Crippen LogP contribution in [0.15, 0.2) is 0 Å². The van der Waals surface area contributed by atoms with Gasteiger partial charge in [-0.2, -0.15) is 0 Å². The fraction of sp³-hybridized carbons (Fsp3) is 0.929. The number of hydrogen-bond donors (Lipinski definition) is 0. The molecular formula is C14H29. The highest BCUT2D eigenvalue weighted by Crippen LogP contribution is 2.25. The van der Waals surface area contributed by atoms with Gasteiger partial charge in [-0.15, -0.1) is 0 Å². The third-order valence-corrected chi connectivity index (χ3v) is 3.18. The van der Waals surface area contributed by atoms with E-state index in [2.05, 4.69) is 34.1 Å². The summed E-state index contributed by atoms with van der Waals surface area (Å²) >= 11 is 0. The average molecular weight is 197 g/mol. The zero-order chi connectivity index (χ0) is 10.8. The lowest BCUT2D eigenvalue weighted by Gasteiger charge is -2.20. The van der Waals surface area contributed by atoms with Gasteiger partial charge in [0.25, 0.3) is 0 Å². The van der Waals surface area contributed by atoms with Crippen molar-refractivity contribution in [3.63, 3.8) is 0 Å². The average Bonchev–Trinajstić information content (AvgIpc) is 2.22. The fourth-order valence-electron chi connectivity index (χ4n) is 2.09. The Bertz CT molecular complexity index is 107. The van der Waals surface area contributed by atoms with Crippen LogP contribution in [0.2, 0.25) is 0 Å². The van der Waals surface area contributed by atoms with Crippen molar-refractivity contribution in [2.75, 3.05) is 0 Å². The van der Waals surface area contributed by atoms with Crippen molar-refractivity contribution in [3.8, 4) is 0 Å². The Morgan fingerprint density at radius 2 is 1.36 bits per heavy atom. The summed E-state index contributed by atoms with van der Waals surface area (Å²) in [6, 6.07) is 0. The first-order valence-corrected chi connectivity index (χ1v) is 6.63. The molecule has 0 bridgehead atoms. The first-order chi connectivity index (χ1) is 6.78.